The number of hydrogen-bond donors (Lipinski definition) is 3. The average molecular weight is 187 g/mol. The maximum absolute atomic E-state index is 9.59. The lowest BCUT2D eigenvalue weighted by molar-refractivity contribution is 0.0647. The molecule has 3 nitrogen and oxygen atoms in total. The van der Waals surface area contributed by atoms with E-state index in [1.54, 1.807) is 6.92 Å². The molecule has 0 radical (unpaired) electrons. The highest BCUT2D eigenvalue weighted by Gasteiger charge is 2.32. The van der Waals surface area contributed by atoms with E-state index < -0.39 is 6.10 Å². The van der Waals surface area contributed by atoms with Crippen LogP contribution in [0.2, 0.25) is 0 Å². The van der Waals surface area contributed by atoms with Gasteiger partial charge in [0.2, 0.25) is 0 Å². The van der Waals surface area contributed by atoms with E-state index >= 15 is 0 Å². The summed E-state index contributed by atoms with van der Waals surface area (Å²) in [5.74, 6) is 0. The van der Waals surface area contributed by atoms with Crippen molar-refractivity contribution in [3.63, 3.8) is 0 Å². The molecule has 0 amide bonds. The van der Waals surface area contributed by atoms with Crippen molar-refractivity contribution in [3.8, 4) is 0 Å². The number of nitrogens with one attached hydrogen (secondary N) is 1. The molecule has 1 aliphatic carbocycles. The molecule has 3 heteroatoms. The minimum atomic E-state index is -0.403. The van der Waals surface area contributed by atoms with E-state index in [0.717, 1.165) is 19.3 Å². The fourth-order valence-electron chi connectivity index (χ4n) is 1.71. The predicted molar refractivity (Wildman–Crippen MR) is 52.5 cm³/mol. The van der Waals surface area contributed by atoms with E-state index in [1.165, 1.54) is 0 Å². The van der Waals surface area contributed by atoms with Crippen molar-refractivity contribution in [2.75, 3.05) is 0 Å². The predicted octanol–water partition coefficient (Wildman–Crippen LogP) is 0.649. The van der Waals surface area contributed by atoms with Crippen LogP contribution in [-0.4, -0.2) is 34.0 Å². The molecule has 1 aliphatic rings. The van der Waals surface area contributed by atoms with Gasteiger partial charge < -0.3 is 15.5 Å². The first kappa shape index (κ1) is 11.0. The van der Waals surface area contributed by atoms with Gasteiger partial charge in [0.15, 0.2) is 0 Å². The molecule has 1 rings (SSSR count). The second-order valence-electron chi connectivity index (χ2n) is 4.65. The molecule has 3 N–H and O–H groups in total. The van der Waals surface area contributed by atoms with Crippen LogP contribution in [0.25, 0.3) is 0 Å². The number of aliphatic hydroxyl groups is 2. The summed E-state index contributed by atoms with van der Waals surface area (Å²) in [7, 11) is 0. The van der Waals surface area contributed by atoms with E-state index in [1.807, 2.05) is 13.8 Å². The molecular weight excluding hydrogens is 166 g/mol. The van der Waals surface area contributed by atoms with Crippen molar-refractivity contribution < 1.29 is 10.2 Å². The Morgan fingerprint density at radius 2 is 2.00 bits per heavy atom. The van der Waals surface area contributed by atoms with Crippen LogP contribution in [-0.2, 0) is 0 Å². The second-order valence-corrected chi connectivity index (χ2v) is 4.65. The lowest BCUT2D eigenvalue weighted by Gasteiger charge is -2.34. The van der Waals surface area contributed by atoms with Gasteiger partial charge in [-0.05, 0) is 40.0 Å². The van der Waals surface area contributed by atoms with Crippen LogP contribution in [0.3, 0.4) is 0 Å². The fourth-order valence-corrected chi connectivity index (χ4v) is 1.71. The van der Waals surface area contributed by atoms with Crippen molar-refractivity contribution in [3.05, 3.63) is 0 Å². The molecule has 0 aromatic carbocycles. The van der Waals surface area contributed by atoms with Gasteiger partial charge in [-0.3, -0.25) is 0 Å². The van der Waals surface area contributed by atoms with E-state index in [4.69, 9.17) is 0 Å². The normalized spacial score (nSPS) is 32.1. The summed E-state index contributed by atoms with van der Waals surface area (Å²) in [5.41, 5.74) is -0.310. The molecule has 0 spiro atoms. The Hall–Kier alpha value is -0.120. The summed E-state index contributed by atoms with van der Waals surface area (Å²) in [6, 6.07) is 0.157. The lowest BCUT2D eigenvalue weighted by Crippen LogP contribution is -2.54. The largest absolute Gasteiger partial charge is 0.392 e. The summed E-state index contributed by atoms with van der Waals surface area (Å²) in [6.45, 7) is 5.69. The Balaban J connectivity index is 2.47. The first-order chi connectivity index (χ1) is 5.93. The topological polar surface area (TPSA) is 52.5 Å². The summed E-state index contributed by atoms with van der Waals surface area (Å²) < 4.78 is 0. The molecule has 0 heterocycles. The molecule has 1 saturated carbocycles. The monoisotopic (exact) mass is 187 g/mol. The Bertz CT molecular complexity index is 168. The Morgan fingerprint density at radius 3 is 2.38 bits per heavy atom. The van der Waals surface area contributed by atoms with Crippen LogP contribution >= 0.6 is 0 Å². The van der Waals surface area contributed by atoms with Gasteiger partial charge in [-0.2, -0.15) is 0 Å². The maximum atomic E-state index is 9.59. The van der Waals surface area contributed by atoms with Crippen LogP contribution in [0.5, 0.6) is 0 Å². The molecule has 0 aliphatic heterocycles. The first-order valence-electron chi connectivity index (χ1n) is 5.07. The van der Waals surface area contributed by atoms with Gasteiger partial charge in [0.1, 0.15) is 0 Å². The molecule has 0 aromatic rings. The highest BCUT2D eigenvalue weighted by atomic mass is 16.3. The smallest absolute Gasteiger partial charge is 0.0693 e. The molecule has 13 heavy (non-hydrogen) atoms. The third-order valence-corrected chi connectivity index (χ3v) is 3.08. The van der Waals surface area contributed by atoms with Crippen molar-refractivity contribution in [2.45, 2.75) is 63.8 Å². The van der Waals surface area contributed by atoms with E-state index in [0.29, 0.717) is 0 Å². The number of rotatable bonds is 3. The average Bonchev–Trinajstić information content (AvgIpc) is 2.35. The standard InChI is InChI=1S/C10H21NO2/c1-7(12)10(2,3)11-8-5-4-6-9(8)13/h7-9,11-13H,4-6H2,1-3H3/t7?,8-,9-/m0/s1. The van der Waals surface area contributed by atoms with Gasteiger partial charge in [-0.15, -0.1) is 0 Å². The summed E-state index contributed by atoms with van der Waals surface area (Å²) in [4.78, 5) is 0. The highest BCUT2D eigenvalue weighted by molar-refractivity contribution is 4.92. The minimum Gasteiger partial charge on any atom is -0.392 e. The van der Waals surface area contributed by atoms with Crippen LogP contribution in [0.15, 0.2) is 0 Å². The van der Waals surface area contributed by atoms with Crippen molar-refractivity contribution >= 4 is 0 Å². The molecule has 1 fully saturated rings. The molecule has 3 atom stereocenters. The Morgan fingerprint density at radius 1 is 1.38 bits per heavy atom. The van der Waals surface area contributed by atoms with E-state index in [9.17, 15) is 10.2 Å². The van der Waals surface area contributed by atoms with Crippen LogP contribution in [0.4, 0.5) is 0 Å². The van der Waals surface area contributed by atoms with Gasteiger partial charge in [0.25, 0.3) is 0 Å². The van der Waals surface area contributed by atoms with Crippen molar-refractivity contribution in [1.29, 1.82) is 0 Å². The van der Waals surface area contributed by atoms with E-state index in [2.05, 4.69) is 5.32 Å². The van der Waals surface area contributed by atoms with Gasteiger partial charge in [-0.1, -0.05) is 0 Å². The van der Waals surface area contributed by atoms with Gasteiger partial charge >= 0.3 is 0 Å². The SMILES string of the molecule is CC(O)C(C)(C)N[C@H]1CCC[C@@H]1O. The molecule has 0 aromatic heterocycles. The van der Waals surface area contributed by atoms with Gasteiger partial charge in [0, 0.05) is 11.6 Å². The van der Waals surface area contributed by atoms with Crippen molar-refractivity contribution in [1.82, 2.24) is 5.32 Å². The third kappa shape index (κ3) is 2.66. The summed E-state index contributed by atoms with van der Waals surface area (Å²) in [5, 5.41) is 22.4. The van der Waals surface area contributed by atoms with Crippen LogP contribution < -0.4 is 5.32 Å². The highest BCUT2D eigenvalue weighted by Crippen LogP contribution is 2.22. The van der Waals surface area contributed by atoms with Gasteiger partial charge in [-0.25, -0.2) is 0 Å². The zero-order chi connectivity index (χ0) is 10.1. The summed E-state index contributed by atoms with van der Waals surface area (Å²) in [6.07, 6.45) is 2.33. The third-order valence-electron chi connectivity index (χ3n) is 3.08. The van der Waals surface area contributed by atoms with E-state index in [-0.39, 0.29) is 17.7 Å². The zero-order valence-electron chi connectivity index (χ0n) is 8.75. The second kappa shape index (κ2) is 3.95. The minimum absolute atomic E-state index is 0.157. The Kier molecular flexibility index (Phi) is 3.33. The molecule has 1 unspecified atom stereocenters. The molecule has 0 saturated heterocycles. The molecule has 78 valence electrons. The van der Waals surface area contributed by atoms with Crippen molar-refractivity contribution in [2.24, 2.45) is 0 Å². The maximum Gasteiger partial charge on any atom is 0.0693 e. The summed E-state index contributed by atoms with van der Waals surface area (Å²) >= 11 is 0. The number of aliphatic hydroxyl groups excluding tert-OH is 2. The first-order valence-corrected chi connectivity index (χ1v) is 5.07. The zero-order valence-corrected chi connectivity index (χ0v) is 8.75. The lowest BCUT2D eigenvalue weighted by atomic mass is 9.96. The van der Waals surface area contributed by atoms with Gasteiger partial charge in [0.05, 0.1) is 12.2 Å². The quantitative estimate of drug-likeness (QED) is 0.608. The Labute approximate surface area is 80.2 Å². The van der Waals surface area contributed by atoms with Crippen LogP contribution in [0, 0.1) is 0 Å². The molecular formula is C10H21NO2. The number of hydrogen-bond acceptors (Lipinski definition) is 3. The van der Waals surface area contributed by atoms with Crippen LogP contribution in [0.1, 0.15) is 40.0 Å². The fraction of sp³-hybridized carbons (Fsp3) is 1.00. The molecule has 0 bridgehead atoms.